The average molecular weight is 206 g/mol. The maximum atomic E-state index is 10.9. The van der Waals surface area contributed by atoms with E-state index in [2.05, 4.69) is 0 Å². The zero-order valence-electron chi connectivity index (χ0n) is 8.69. The highest BCUT2D eigenvalue weighted by molar-refractivity contribution is 5.70. The van der Waals surface area contributed by atoms with Crippen molar-refractivity contribution in [3.63, 3.8) is 0 Å². The summed E-state index contributed by atoms with van der Waals surface area (Å²) >= 11 is 0. The average Bonchev–Trinajstić information content (AvgIpc) is 2.18. The first-order valence-corrected chi connectivity index (χ1v) is 4.57. The van der Waals surface area contributed by atoms with Gasteiger partial charge in [-0.25, -0.2) is 4.79 Å². The second kappa shape index (κ2) is 8.93. The second-order valence-electron chi connectivity index (χ2n) is 2.83. The van der Waals surface area contributed by atoms with Crippen molar-refractivity contribution in [3.05, 3.63) is 0 Å². The van der Waals surface area contributed by atoms with Gasteiger partial charge in [-0.3, -0.25) is 0 Å². The minimum Gasteiger partial charge on any atom is -0.464 e. The molecule has 0 fully saturated rings. The van der Waals surface area contributed by atoms with Gasteiger partial charge in [-0.2, -0.15) is 0 Å². The third-order valence-corrected chi connectivity index (χ3v) is 1.65. The summed E-state index contributed by atoms with van der Waals surface area (Å²) in [7, 11) is 1.61. The zero-order valence-corrected chi connectivity index (χ0v) is 8.69. The van der Waals surface area contributed by atoms with Crippen molar-refractivity contribution in [2.45, 2.75) is 19.4 Å². The molecule has 0 saturated carbocycles. The molecular formula is C9H18O5. The molecule has 1 atom stereocenters. The predicted octanol–water partition coefficient (Wildman–Crippen LogP) is -0.0365. The van der Waals surface area contributed by atoms with E-state index in [0.717, 1.165) is 0 Å². The number of aliphatic hydroxyl groups is 1. The Morgan fingerprint density at radius 1 is 1.43 bits per heavy atom. The van der Waals surface area contributed by atoms with E-state index in [1.165, 1.54) is 0 Å². The van der Waals surface area contributed by atoms with Crippen LogP contribution in [0.15, 0.2) is 0 Å². The van der Waals surface area contributed by atoms with Crippen LogP contribution >= 0.6 is 0 Å². The molecule has 0 bridgehead atoms. The zero-order chi connectivity index (χ0) is 10.8. The first-order chi connectivity index (χ1) is 6.70. The molecule has 0 rings (SSSR count). The van der Waals surface area contributed by atoms with E-state index in [0.29, 0.717) is 13.0 Å². The number of rotatable bonds is 8. The molecule has 5 nitrogen and oxygen atoms in total. The van der Waals surface area contributed by atoms with Crippen molar-refractivity contribution < 1.29 is 24.1 Å². The Kier molecular flexibility index (Phi) is 8.51. The molecule has 0 aliphatic heterocycles. The molecule has 0 heterocycles. The van der Waals surface area contributed by atoms with E-state index >= 15 is 0 Å². The number of hydrogen-bond donors (Lipinski definition) is 1. The van der Waals surface area contributed by atoms with Crippen molar-refractivity contribution in [2.24, 2.45) is 0 Å². The van der Waals surface area contributed by atoms with Gasteiger partial charge in [0.2, 0.25) is 0 Å². The van der Waals surface area contributed by atoms with Crippen LogP contribution < -0.4 is 0 Å². The van der Waals surface area contributed by atoms with Crippen molar-refractivity contribution in [1.29, 1.82) is 0 Å². The van der Waals surface area contributed by atoms with Gasteiger partial charge in [0, 0.05) is 13.5 Å². The quantitative estimate of drug-likeness (QED) is 0.446. The largest absolute Gasteiger partial charge is 0.464 e. The van der Waals surface area contributed by atoms with Crippen LogP contribution in [-0.2, 0) is 19.0 Å². The molecule has 0 amide bonds. The number of esters is 1. The van der Waals surface area contributed by atoms with Gasteiger partial charge in [-0.05, 0) is 6.92 Å². The molecule has 0 aromatic heterocycles. The number of aliphatic hydroxyl groups excluding tert-OH is 1. The van der Waals surface area contributed by atoms with Crippen molar-refractivity contribution in [1.82, 2.24) is 0 Å². The number of hydrogen-bond acceptors (Lipinski definition) is 5. The number of carbonyl (C=O) groups excluding carboxylic acids is 1. The molecule has 5 heteroatoms. The van der Waals surface area contributed by atoms with Gasteiger partial charge in [-0.1, -0.05) is 0 Å². The lowest BCUT2D eigenvalue weighted by Gasteiger charge is -2.09. The second-order valence-corrected chi connectivity index (χ2v) is 2.83. The molecule has 14 heavy (non-hydrogen) atoms. The summed E-state index contributed by atoms with van der Waals surface area (Å²) in [4.78, 5) is 10.9. The van der Waals surface area contributed by atoms with Gasteiger partial charge in [-0.15, -0.1) is 0 Å². The summed E-state index contributed by atoms with van der Waals surface area (Å²) in [6, 6.07) is 0. The Morgan fingerprint density at radius 3 is 2.71 bits per heavy atom. The van der Waals surface area contributed by atoms with Crippen LogP contribution in [0.3, 0.4) is 0 Å². The molecule has 1 unspecified atom stereocenters. The van der Waals surface area contributed by atoms with Gasteiger partial charge in [0.05, 0.1) is 25.9 Å². The lowest BCUT2D eigenvalue weighted by Crippen LogP contribution is -2.17. The fraction of sp³-hybridized carbons (Fsp3) is 0.889. The highest BCUT2D eigenvalue weighted by Crippen LogP contribution is 1.95. The molecule has 0 spiro atoms. The molecule has 0 aliphatic carbocycles. The van der Waals surface area contributed by atoms with Crippen molar-refractivity contribution in [2.75, 3.05) is 33.5 Å². The third-order valence-electron chi connectivity index (χ3n) is 1.65. The molecule has 84 valence electrons. The molecule has 0 aliphatic rings. The van der Waals surface area contributed by atoms with Crippen molar-refractivity contribution >= 4 is 5.97 Å². The molecule has 1 N–H and O–H groups in total. The van der Waals surface area contributed by atoms with Crippen LogP contribution in [0.4, 0.5) is 0 Å². The smallest absolute Gasteiger partial charge is 0.332 e. The predicted molar refractivity (Wildman–Crippen MR) is 50.0 cm³/mol. The number of methoxy groups -OCH3 is 1. The summed E-state index contributed by atoms with van der Waals surface area (Å²) in [6.07, 6.45) is 0.753. The number of ether oxygens (including phenoxy) is 3. The summed E-state index contributed by atoms with van der Waals surface area (Å²) in [6.45, 7) is 2.19. The topological polar surface area (TPSA) is 65.0 Å². The lowest BCUT2D eigenvalue weighted by molar-refractivity contribution is -0.149. The molecule has 0 radical (unpaired) electrons. The van der Waals surface area contributed by atoms with E-state index in [1.807, 2.05) is 6.92 Å². The first kappa shape index (κ1) is 13.4. The lowest BCUT2D eigenvalue weighted by atomic mass is 10.3. The monoisotopic (exact) mass is 206 g/mol. The van der Waals surface area contributed by atoms with Gasteiger partial charge in [0.15, 0.2) is 0 Å². The van der Waals surface area contributed by atoms with E-state index in [-0.39, 0.29) is 25.9 Å². The Morgan fingerprint density at radius 2 is 2.14 bits per heavy atom. The SMILES string of the molecule is COC(C)CCOC(=O)COCCO. The van der Waals surface area contributed by atoms with Gasteiger partial charge < -0.3 is 19.3 Å². The van der Waals surface area contributed by atoms with E-state index in [1.54, 1.807) is 7.11 Å². The van der Waals surface area contributed by atoms with Crippen LogP contribution in [0.25, 0.3) is 0 Å². The molecule has 0 aromatic carbocycles. The number of carbonyl (C=O) groups is 1. The van der Waals surface area contributed by atoms with Crippen LogP contribution in [-0.4, -0.2) is 50.7 Å². The Hall–Kier alpha value is -0.650. The highest BCUT2D eigenvalue weighted by Gasteiger charge is 2.04. The van der Waals surface area contributed by atoms with E-state index in [4.69, 9.17) is 19.3 Å². The van der Waals surface area contributed by atoms with Crippen LogP contribution in [0.1, 0.15) is 13.3 Å². The fourth-order valence-corrected chi connectivity index (χ4v) is 0.718. The van der Waals surface area contributed by atoms with Crippen LogP contribution in [0, 0.1) is 0 Å². The van der Waals surface area contributed by atoms with Gasteiger partial charge >= 0.3 is 5.97 Å². The van der Waals surface area contributed by atoms with Gasteiger partial charge in [0.25, 0.3) is 0 Å². The minimum atomic E-state index is -0.415. The molecule has 0 aromatic rings. The first-order valence-electron chi connectivity index (χ1n) is 4.57. The standard InChI is InChI=1S/C9H18O5/c1-8(12-2)3-5-14-9(11)7-13-6-4-10/h8,10H,3-7H2,1-2H3. The van der Waals surface area contributed by atoms with E-state index < -0.39 is 5.97 Å². The fourth-order valence-electron chi connectivity index (χ4n) is 0.718. The summed E-state index contributed by atoms with van der Waals surface area (Å²) in [5, 5.41) is 8.37. The third kappa shape index (κ3) is 7.97. The van der Waals surface area contributed by atoms with Crippen LogP contribution in [0.2, 0.25) is 0 Å². The Balaban J connectivity index is 3.26. The normalized spacial score (nSPS) is 12.5. The summed E-state index contributed by atoms with van der Waals surface area (Å²) in [5.41, 5.74) is 0. The highest BCUT2D eigenvalue weighted by atomic mass is 16.6. The summed E-state index contributed by atoms with van der Waals surface area (Å²) in [5.74, 6) is -0.415. The maximum Gasteiger partial charge on any atom is 0.332 e. The minimum absolute atomic E-state index is 0.0844. The Labute approximate surface area is 84.0 Å². The summed E-state index contributed by atoms with van der Waals surface area (Å²) < 4.78 is 14.6. The Bertz CT molecular complexity index is 148. The van der Waals surface area contributed by atoms with Gasteiger partial charge in [0.1, 0.15) is 6.61 Å². The molecule has 0 saturated heterocycles. The molecular weight excluding hydrogens is 188 g/mol. The maximum absolute atomic E-state index is 10.9. The van der Waals surface area contributed by atoms with Crippen molar-refractivity contribution in [3.8, 4) is 0 Å². The van der Waals surface area contributed by atoms with E-state index in [9.17, 15) is 4.79 Å². The van der Waals surface area contributed by atoms with Crippen LogP contribution in [0.5, 0.6) is 0 Å².